The van der Waals surface area contributed by atoms with Crippen molar-refractivity contribution in [3.8, 4) is 0 Å². The molecule has 1 heterocycles. The van der Waals surface area contributed by atoms with Crippen LogP contribution in [0.5, 0.6) is 0 Å². The molecule has 2 unspecified atom stereocenters. The Bertz CT molecular complexity index is 554. The van der Waals surface area contributed by atoms with E-state index >= 15 is 0 Å². The predicted octanol–water partition coefficient (Wildman–Crippen LogP) is 1.78. The van der Waals surface area contributed by atoms with E-state index in [2.05, 4.69) is 5.32 Å². The second-order valence-electron chi connectivity index (χ2n) is 5.52. The van der Waals surface area contributed by atoms with Crippen LogP contribution in [0.15, 0.2) is 17.5 Å². The quantitative estimate of drug-likeness (QED) is 0.800. The van der Waals surface area contributed by atoms with Crippen molar-refractivity contribution in [2.75, 3.05) is 0 Å². The van der Waals surface area contributed by atoms with E-state index in [-0.39, 0.29) is 24.3 Å². The van der Waals surface area contributed by atoms with Crippen molar-refractivity contribution in [3.05, 3.63) is 22.4 Å². The van der Waals surface area contributed by atoms with Crippen LogP contribution in [0.3, 0.4) is 0 Å². The maximum absolute atomic E-state index is 12.6. The summed E-state index contributed by atoms with van der Waals surface area (Å²) < 4.78 is 0. The van der Waals surface area contributed by atoms with Gasteiger partial charge in [-0.3, -0.25) is 9.59 Å². The van der Waals surface area contributed by atoms with Crippen molar-refractivity contribution >= 4 is 29.1 Å². The Kier molecular flexibility index (Phi) is 5.18. The van der Waals surface area contributed by atoms with E-state index in [0.717, 1.165) is 17.7 Å². The van der Waals surface area contributed by atoms with Gasteiger partial charge >= 0.3 is 5.97 Å². The van der Waals surface area contributed by atoms with Crippen LogP contribution in [-0.2, 0) is 14.4 Å². The van der Waals surface area contributed by atoms with E-state index < -0.39 is 18.1 Å². The predicted molar refractivity (Wildman–Crippen MR) is 82.5 cm³/mol. The first kappa shape index (κ1) is 16.5. The van der Waals surface area contributed by atoms with Gasteiger partial charge in [0.15, 0.2) is 0 Å². The maximum Gasteiger partial charge on any atom is 0.326 e. The molecule has 120 valence electrons. The van der Waals surface area contributed by atoms with E-state index in [1.807, 2.05) is 17.5 Å². The highest BCUT2D eigenvalue weighted by Gasteiger charge is 2.39. The van der Waals surface area contributed by atoms with Gasteiger partial charge in [-0.15, -0.1) is 11.3 Å². The van der Waals surface area contributed by atoms with Crippen LogP contribution in [-0.4, -0.2) is 39.9 Å². The number of nitrogens with one attached hydrogen (secondary N) is 1. The van der Waals surface area contributed by atoms with Gasteiger partial charge in [0.2, 0.25) is 11.8 Å². The highest BCUT2D eigenvalue weighted by molar-refractivity contribution is 7.10. The van der Waals surface area contributed by atoms with Crippen molar-refractivity contribution < 1.29 is 19.5 Å². The zero-order valence-electron chi connectivity index (χ0n) is 12.6. The summed E-state index contributed by atoms with van der Waals surface area (Å²) >= 11 is 1.46. The Morgan fingerprint density at radius 3 is 2.59 bits per heavy atom. The van der Waals surface area contributed by atoms with Gasteiger partial charge in [0.05, 0.1) is 12.5 Å². The van der Waals surface area contributed by atoms with Gasteiger partial charge < -0.3 is 15.3 Å². The third-order valence-electron chi connectivity index (χ3n) is 3.65. The molecule has 1 aromatic rings. The molecule has 22 heavy (non-hydrogen) atoms. The molecule has 2 amide bonds. The van der Waals surface area contributed by atoms with Gasteiger partial charge in [0, 0.05) is 17.8 Å². The van der Waals surface area contributed by atoms with Crippen molar-refractivity contribution in [2.45, 2.75) is 51.2 Å². The van der Waals surface area contributed by atoms with Crippen molar-refractivity contribution in [1.29, 1.82) is 0 Å². The Hall–Kier alpha value is -1.89. The van der Waals surface area contributed by atoms with Crippen LogP contribution < -0.4 is 5.32 Å². The van der Waals surface area contributed by atoms with E-state index in [1.54, 1.807) is 0 Å². The van der Waals surface area contributed by atoms with E-state index in [0.29, 0.717) is 0 Å². The number of nitrogens with zero attached hydrogens (tertiary/aromatic N) is 1. The molecule has 1 aliphatic carbocycles. The van der Waals surface area contributed by atoms with Crippen LogP contribution in [0.2, 0.25) is 0 Å². The number of thiophene rings is 1. The summed E-state index contributed by atoms with van der Waals surface area (Å²) in [5.41, 5.74) is 0. The topological polar surface area (TPSA) is 86.7 Å². The summed E-state index contributed by atoms with van der Waals surface area (Å²) in [4.78, 5) is 37.5. The van der Waals surface area contributed by atoms with Gasteiger partial charge in [-0.1, -0.05) is 6.07 Å². The standard InChI is InChI=1S/C15H20N2O4S/c1-9(15(20)21)17(11-5-6-11)14(19)8-12(16-10(2)18)13-4-3-7-22-13/h3-4,7,9,11-12H,5-6,8H2,1-2H3,(H,16,18)(H,20,21). The minimum Gasteiger partial charge on any atom is -0.480 e. The van der Waals surface area contributed by atoms with Crippen molar-refractivity contribution in [2.24, 2.45) is 0 Å². The lowest BCUT2D eigenvalue weighted by Crippen LogP contribution is -2.46. The zero-order chi connectivity index (χ0) is 16.3. The molecule has 0 aromatic carbocycles. The molecular weight excluding hydrogens is 304 g/mol. The summed E-state index contributed by atoms with van der Waals surface area (Å²) in [5.74, 6) is -1.45. The van der Waals surface area contributed by atoms with Crippen LogP contribution in [0.25, 0.3) is 0 Å². The lowest BCUT2D eigenvalue weighted by molar-refractivity contribution is -0.150. The molecule has 2 N–H and O–H groups in total. The third-order valence-corrected chi connectivity index (χ3v) is 4.63. The molecule has 1 aromatic heterocycles. The molecule has 1 aliphatic rings. The van der Waals surface area contributed by atoms with Crippen molar-refractivity contribution in [3.63, 3.8) is 0 Å². The monoisotopic (exact) mass is 324 g/mol. The molecule has 0 spiro atoms. The number of carbonyl (C=O) groups is 3. The molecule has 0 radical (unpaired) electrons. The normalized spacial score (nSPS) is 16.6. The number of rotatable bonds is 7. The summed E-state index contributed by atoms with van der Waals surface area (Å²) in [7, 11) is 0. The molecule has 0 saturated heterocycles. The number of amides is 2. The van der Waals surface area contributed by atoms with E-state index in [4.69, 9.17) is 0 Å². The average molecular weight is 324 g/mol. The number of hydrogen-bond donors (Lipinski definition) is 2. The molecule has 1 saturated carbocycles. The number of aliphatic carboxylic acids is 1. The van der Waals surface area contributed by atoms with Gasteiger partial charge in [0.25, 0.3) is 0 Å². The number of carboxylic acids is 1. The maximum atomic E-state index is 12.6. The minimum absolute atomic E-state index is 0.0138. The average Bonchev–Trinajstić information content (AvgIpc) is 3.10. The lowest BCUT2D eigenvalue weighted by Gasteiger charge is -2.28. The Morgan fingerprint density at radius 2 is 2.14 bits per heavy atom. The number of hydrogen-bond acceptors (Lipinski definition) is 4. The van der Waals surface area contributed by atoms with Gasteiger partial charge in [-0.25, -0.2) is 4.79 Å². The van der Waals surface area contributed by atoms with E-state index in [1.165, 1.54) is 30.1 Å². The summed E-state index contributed by atoms with van der Waals surface area (Å²) in [6, 6.07) is 2.48. The third kappa shape index (κ3) is 4.07. The molecule has 2 atom stereocenters. The molecule has 0 aliphatic heterocycles. The summed E-state index contributed by atoms with van der Waals surface area (Å²) in [6.07, 6.45) is 1.76. The van der Waals surface area contributed by atoms with Crippen LogP contribution in [0.1, 0.15) is 44.0 Å². The fraction of sp³-hybridized carbons (Fsp3) is 0.533. The lowest BCUT2D eigenvalue weighted by atomic mass is 10.1. The fourth-order valence-electron chi connectivity index (χ4n) is 2.45. The molecule has 6 nitrogen and oxygen atoms in total. The van der Waals surface area contributed by atoms with Crippen LogP contribution in [0, 0.1) is 0 Å². The Labute approximate surface area is 133 Å². The molecule has 0 bridgehead atoms. The van der Waals surface area contributed by atoms with Crippen molar-refractivity contribution in [1.82, 2.24) is 10.2 Å². The number of carbonyl (C=O) groups excluding carboxylic acids is 2. The molecule has 7 heteroatoms. The van der Waals surface area contributed by atoms with Gasteiger partial charge in [0.1, 0.15) is 6.04 Å². The second kappa shape index (κ2) is 6.91. The Balaban J connectivity index is 2.11. The highest BCUT2D eigenvalue weighted by atomic mass is 32.1. The first-order chi connectivity index (χ1) is 10.4. The van der Waals surface area contributed by atoms with Crippen LogP contribution >= 0.6 is 11.3 Å². The first-order valence-corrected chi connectivity index (χ1v) is 8.12. The molecule has 1 fully saturated rings. The van der Waals surface area contributed by atoms with Gasteiger partial charge in [-0.2, -0.15) is 0 Å². The zero-order valence-corrected chi connectivity index (χ0v) is 13.4. The largest absolute Gasteiger partial charge is 0.480 e. The first-order valence-electron chi connectivity index (χ1n) is 7.24. The molecule has 2 rings (SSSR count). The summed E-state index contributed by atoms with van der Waals surface area (Å²) in [5, 5.41) is 13.8. The SMILES string of the molecule is CC(=O)NC(CC(=O)N(C1CC1)C(C)C(=O)O)c1cccs1. The fourth-order valence-corrected chi connectivity index (χ4v) is 3.22. The Morgan fingerprint density at radius 1 is 1.45 bits per heavy atom. The van der Waals surface area contributed by atoms with Gasteiger partial charge in [-0.05, 0) is 31.2 Å². The minimum atomic E-state index is -1.01. The number of carboxylic acid groups (broad SMARTS) is 1. The second-order valence-corrected chi connectivity index (χ2v) is 6.50. The van der Waals surface area contributed by atoms with E-state index in [9.17, 15) is 19.5 Å². The molecular formula is C15H20N2O4S. The summed E-state index contributed by atoms with van der Waals surface area (Å²) in [6.45, 7) is 2.93. The smallest absolute Gasteiger partial charge is 0.326 e. The highest BCUT2D eigenvalue weighted by Crippen LogP contribution is 2.31. The van der Waals surface area contributed by atoms with Crippen LogP contribution in [0.4, 0.5) is 0 Å².